The Morgan fingerprint density at radius 1 is 0.630 bits per heavy atom. The number of aromatic nitrogens is 4. The molecular formula is C33H26N6O7. The zero-order valence-corrected chi connectivity index (χ0v) is 24.5. The van der Waals surface area contributed by atoms with Crippen LogP contribution in [0.1, 0.15) is 33.7 Å². The number of rotatable bonds is 9. The highest BCUT2D eigenvalue weighted by molar-refractivity contribution is 5.71. The van der Waals surface area contributed by atoms with Gasteiger partial charge in [0.25, 0.3) is 16.8 Å². The van der Waals surface area contributed by atoms with E-state index in [1.807, 2.05) is 62.4 Å². The molecule has 6 rings (SSSR count). The fourth-order valence-corrected chi connectivity index (χ4v) is 5.36. The van der Waals surface area contributed by atoms with Crippen LogP contribution in [0.15, 0.2) is 101 Å². The third-order valence-corrected chi connectivity index (χ3v) is 7.68. The third-order valence-electron chi connectivity index (χ3n) is 7.68. The summed E-state index contributed by atoms with van der Waals surface area (Å²) in [5, 5.41) is 34.1. The van der Waals surface area contributed by atoms with Gasteiger partial charge < -0.3 is 4.74 Å². The lowest BCUT2D eigenvalue weighted by Gasteiger charge is -2.18. The van der Waals surface area contributed by atoms with Crippen LogP contribution in [0.3, 0.4) is 0 Å². The van der Waals surface area contributed by atoms with Gasteiger partial charge in [0, 0.05) is 12.0 Å². The number of aromatic amines is 4. The molecule has 0 fully saturated rings. The van der Waals surface area contributed by atoms with Crippen molar-refractivity contribution < 1.29 is 14.6 Å². The van der Waals surface area contributed by atoms with Crippen LogP contribution in [0.4, 0.5) is 11.4 Å². The highest BCUT2D eigenvalue weighted by Crippen LogP contribution is 2.39. The summed E-state index contributed by atoms with van der Waals surface area (Å²) < 4.78 is 5.77. The van der Waals surface area contributed by atoms with E-state index in [0.29, 0.717) is 28.1 Å². The largest absolute Gasteiger partial charge is 0.450 e. The van der Waals surface area contributed by atoms with Crippen LogP contribution in [0.25, 0.3) is 22.5 Å². The van der Waals surface area contributed by atoms with Crippen LogP contribution in [0.5, 0.6) is 11.5 Å². The molecule has 0 saturated heterocycles. The SMILES string of the molecule is Cc1ccc(-c2[nH][nH]c(=O)c2C(c2ccc(Oc3ccc([N+](=O)[O-])cc3[N+](=O)[O-])cc2)c2c(-c3ccc(C)cc3)[nH][nH]c2=O)cc1. The summed E-state index contributed by atoms with van der Waals surface area (Å²) in [6.07, 6.45) is 0. The Morgan fingerprint density at radius 2 is 1.13 bits per heavy atom. The van der Waals surface area contributed by atoms with Gasteiger partial charge in [-0.1, -0.05) is 71.8 Å². The molecule has 13 heteroatoms. The van der Waals surface area contributed by atoms with E-state index in [1.165, 1.54) is 0 Å². The lowest BCUT2D eigenvalue weighted by atomic mass is 9.83. The van der Waals surface area contributed by atoms with E-state index in [1.54, 1.807) is 24.3 Å². The number of nitro groups is 2. The van der Waals surface area contributed by atoms with Gasteiger partial charge in [0.15, 0.2) is 0 Å². The molecule has 0 aliphatic carbocycles. The number of H-pyrrole nitrogens is 4. The highest BCUT2D eigenvalue weighted by atomic mass is 16.6. The summed E-state index contributed by atoms with van der Waals surface area (Å²) in [5.41, 5.74) is 3.87. The van der Waals surface area contributed by atoms with Crippen molar-refractivity contribution in [3.05, 3.63) is 160 Å². The van der Waals surface area contributed by atoms with Gasteiger partial charge in [0.05, 0.1) is 38.4 Å². The van der Waals surface area contributed by atoms with Crippen LogP contribution in [0, 0.1) is 34.1 Å². The fraction of sp³-hybridized carbons (Fsp3) is 0.0909. The maximum Gasteiger partial charge on any atom is 0.318 e. The van der Waals surface area contributed by atoms with Crippen molar-refractivity contribution in [1.82, 2.24) is 20.4 Å². The van der Waals surface area contributed by atoms with Gasteiger partial charge in [-0.2, -0.15) is 0 Å². The summed E-state index contributed by atoms with van der Waals surface area (Å²) in [7, 11) is 0. The maximum atomic E-state index is 13.5. The van der Waals surface area contributed by atoms with Crippen molar-refractivity contribution in [1.29, 1.82) is 0 Å². The van der Waals surface area contributed by atoms with Gasteiger partial charge >= 0.3 is 5.69 Å². The zero-order valence-electron chi connectivity index (χ0n) is 24.5. The first kappa shape index (κ1) is 29.6. The minimum atomic E-state index is -0.875. The standard InChI is InChI=1S/C33H26N6O7/c1-18-3-7-21(8-4-18)30-28(32(40)36-34-30)27(29-31(35-37-33(29)41)22-9-5-19(2)6-10-22)20-11-14-24(15-12-20)46-26-16-13-23(38(42)43)17-25(26)39(44)45/h3-17,27H,1-2H3,(H2,34,36,40)(H2,35,37,41). The first-order chi connectivity index (χ1) is 22.1. The number of aryl methyl sites for hydroxylation is 2. The molecule has 4 N–H and O–H groups in total. The van der Waals surface area contributed by atoms with Crippen LogP contribution in [0.2, 0.25) is 0 Å². The van der Waals surface area contributed by atoms with Crippen molar-refractivity contribution in [2.24, 2.45) is 0 Å². The summed E-state index contributed by atoms with van der Waals surface area (Å²) in [6, 6.07) is 24.7. The molecule has 6 aromatic rings. The molecule has 0 bridgehead atoms. The number of hydrogen-bond donors (Lipinski definition) is 4. The van der Waals surface area contributed by atoms with Gasteiger partial charge in [-0.25, -0.2) is 0 Å². The normalized spacial score (nSPS) is 11.1. The van der Waals surface area contributed by atoms with Crippen LogP contribution >= 0.6 is 0 Å². The van der Waals surface area contributed by atoms with Crippen LogP contribution in [-0.2, 0) is 0 Å². The van der Waals surface area contributed by atoms with E-state index in [9.17, 15) is 29.8 Å². The van der Waals surface area contributed by atoms with E-state index < -0.39 is 38.3 Å². The molecule has 2 aromatic heterocycles. The Bertz CT molecular complexity index is 2090. The Hall–Kier alpha value is -6.50. The molecule has 0 unspecified atom stereocenters. The lowest BCUT2D eigenvalue weighted by molar-refractivity contribution is -0.394. The molecule has 13 nitrogen and oxygen atoms in total. The third kappa shape index (κ3) is 5.59. The van der Waals surface area contributed by atoms with E-state index >= 15 is 0 Å². The van der Waals surface area contributed by atoms with Crippen LogP contribution < -0.4 is 15.9 Å². The van der Waals surface area contributed by atoms with Crippen molar-refractivity contribution in [2.45, 2.75) is 19.8 Å². The van der Waals surface area contributed by atoms with Crippen molar-refractivity contribution in [3.8, 4) is 34.0 Å². The monoisotopic (exact) mass is 618 g/mol. The van der Waals surface area contributed by atoms with Crippen molar-refractivity contribution >= 4 is 11.4 Å². The van der Waals surface area contributed by atoms with Gasteiger partial charge in [-0.15, -0.1) is 0 Å². The van der Waals surface area contributed by atoms with Gasteiger partial charge in [-0.05, 0) is 48.7 Å². The number of hydrogen-bond acceptors (Lipinski definition) is 7. The lowest BCUT2D eigenvalue weighted by Crippen LogP contribution is -2.20. The fourth-order valence-electron chi connectivity index (χ4n) is 5.36. The molecule has 0 aliphatic heterocycles. The summed E-state index contributed by atoms with van der Waals surface area (Å²) in [5.74, 6) is -0.865. The predicted octanol–water partition coefficient (Wildman–Crippen LogP) is 6.46. The van der Waals surface area contributed by atoms with Crippen molar-refractivity contribution in [2.75, 3.05) is 0 Å². The molecule has 0 aliphatic rings. The summed E-state index contributed by atoms with van der Waals surface area (Å²) in [6.45, 7) is 3.91. The smallest absolute Gasteiger partial charge is 0.318 e. The molecule has 0 atom stereocenters. The molecule has 0 radical (unpaired) electrons. The van der Waals surface area contributed by atoms with Gasteiger partial charge in [-0.3, -0.25) is 50.2 Å². The Balaban J connectivity index is 1.49. The molecule has 230 valence electrons. The molecule has 4 aromatic carbocycles. The topological polar surface area (TPSA) is 193 Å². The molecule has 46 heavy (non-hydrogen) atoms. The number of non-ortho nitro benzene ring substituents is 1. The zero-order chi connectivity index (χ0) is 32.5. The highest BCUT2D eigenvalue weighted by Gasteiger charge is 2.31. The van der Waals surface area contributed by atoms with Crippen molar-refractivity contribution in [3.63, 3.8) is 0 Å². The molecule has 0 saturated carbocycles. The summed E-state index contributed by atoms with van der Waals surface area (Å²) >= 11 is 0. The molecule has 2 heterocycles. The number of ether oxygens (including phenoxy) is 1. The first-order valence-electron chi connectivity index (χ1n) is 14.1. The van der Waals surface area contributed by atoms with Crippen LogP contribution in [-0.4, -0.2) is 30.2 Å². The van der Waals surface area contributed by atoms with E-state index in [2.05, 4.69) is 20.4 Å². The Morgan fingerprint density at radius 3 is 1.59 bits per heavy atom. The minimum absolute atomic E-state index is 0.188. The second-order valence-electron chi connectivity index (χ2n) is 10.7. The number of benzene rings is 4. The molecular weight excluding hydrogens is 592 g/mol. The van der Waals surface area contributed by atoms with Gasteiger partial charge in [0.2, 0.25) is 5.75 Å². The Labute approximate surface area is 259 Å². The first-order valence-corrected chi connectivity index (χ1v) is 14.1. The summed E-state index contributed by atoms with van der Waals surface area (Å²) in [4.78, 5) is 48.3. The van der Waals surface area contributed by atoms with E-state index in [0.717, 1.165) is 40.5 Å². The number of nitrogens with one attached hydrogen (secondary N) is 4. The average molecular weight is 619 g/mol. The molecule has 0 spiro atoms. The minimum Gasteiger partial charge on any atom is -0.450 e. The van der Waals surface area contributed by atoms with E-state index in [-0.39, 0.29) is 11.5 Å². The second-order valence-corrected chi connectivity index (χ2v) is 10.7. The number of nitrogens with zero attached hydrogens (tertiary/aromatic N) is 2. The number of nitro benzene ring substituents is 2. The van der Waals surface area contributed by atoms with Gasteiger partial charge in [0.1, 0.15) is 5.75 Å². The second kappa shape index (κ2) is 11.9. The quantitative estimate of drug-likeness (QED) is 0.105. The average Bonchev–Trinajstić information content (AvgIpc) is 3.61. The Kier molecular flexibility index (Phi) is 7.64. The maximum absolute atomic E-state index is 13.5. The molecule has 0 amide bonds. The van der Waals surface area contributed by atoms with E-state index in [4.69, 9.17) is 4.74 Å². The predicted molar refractivity (Wildman–Crippen MR) is 170 cm³/mol.